The molecule has 1 heterocycles. The van der Waals surface area contributed by atoms with Crippen LogP contribution in [-0.2, 0) is 0 Å². The van der Waals surface area contributed by atoms with Gasteiger partial charge in [-0.05, 0) is 50.1 Å². The van der Waals surface area contributed by atoms with Gasteiger partial charge in [-0.25, -0.2) is 4.39 Å². The van der Waals surface area contributed by atoms with Crippen molar-refractivity contribution in [2.75, 3.05) is 24.5 Å². The van der Waals surface area contributed by atoms with Crippen LogP contribution in [0.4, 0.5) is 10.1 Å². The maximum Gasteiger partial charge on any atom is 0.123 e. The third-order valence-corrected chi connectivity index (χ3v) is 3.56. The van der Waals surface area contributed by atoms with Crippen molar-refractivity contribution in [2.45, 2.75) is 32.7 Å². The molecule has 1 N–H and O–H groups in total. The minimum absolute atomic E-state index is 0.156. The van der Waals surface area contributed by atoms with Gasteiger partial charge in [0.05, 0.1) is 0 Å². The van der Waals surface area contributed by atoms with Crippen molar-refractivity contribution < 1.29 is 4.39 Å². The lowest BCUT2D eigenvalue weighted by Gasteiger charge is -2.30. The van der Waals surface area contributed by atoms with Crippen molar-refractivity contribution in [1.29, 1.82) is 0 Å². The van der Waals surface area contributed by atoms with E-state index >= 15 is 0 Å². The predicted octanol–water partition coefficient (Wildman–Crippen LogP) is 3.65. The Bertz CT molecular complexity index is 442. The number of nitrogens with one attached hydrogen (secondary N) is 1. The van der Waals surface area contributed by atoms with Crippen LogP contribution in [0.25, 0.3) is 0 Å². The van der Waals surface area contributed by atoms with Gasteiger partial charge in [0.25, 0.3) is 0 Å². The summed E-state index contributed by atoms with van der Waals surface area (Å²) in [5.41, 5.74) is 2.21. The third-order valence-electron chi connectivity index (χ3n) is 3.56. The Labute approximate surface area is 115 Å². The first kappa shape index (κ1) is 14.1. The molecule has 1 aromatic rings. The molecule has 104 valence electrons. The zero-order valence-corrected chi connectivity index (χ0v) is 11.8. The van der Waals surface area contributed by atoms with Crippen LogP contribution in [0.3, 0.4) is 0 Å². The second-order valence-electron chi connectivity index (χ2n) is 5.09. The highest BCUT2D eigenvalue weighted by Gasteiger charge is 2.16. The molecule has 0 spiro atoms. The van der Waals surface area contributed by atoms with Crippen LogP contribution in [0.1, 0.15) is 38.3 Å². The van der Waals surface area contributed by atoms with E-state index < -0.39 is 0 Å². The van der Waals surface area contributed by atoms with Gasteiger partial charge in [-0.15, -0.1) is 0 Å². The van der Waals surface area contributed by atoms with Gasteiger partial charge in [0.2, 0.25) is 0 Å². The molecule has 0 radical (unpaired) electrons. The van der Waals surface area contributed by atoms with Gasteiger partial charge in [0, 0.05) is 24.8 Å². The average molecular weight is 262 g/mol. The summed E-state index contributed by atoms with van der Waals surface area (Å²) in [7, 11) is 0. The molecule has 2 nitrogen and oxygen atoms in total. The Morgan fingerprint density at radius 3 is 2.89 bits per heavy atom. The number of benzene rings is 1. The first-order chi connectivity index (χ1) is 9.22. The van der Waals surface area contributed by atoms with Crippen molar-refractivity contribution in [2.24, 2.45) is 0 Å². The molecule has 0 amide bonds. The molecule has 0 bridgehead atoms. The molecule has 1 aliphatic rings. The van der Waals surface area contributed by atoms with Crippen molar-refractivity contribution in [3.05, 3.63) is 41.7 Å². The first-order valence-electron chi connectivity index (χ1n) is 7.15. The van der Waals surface area contributed by atoms with E-state index in [0.717, 1.165) is 43.7 Å². The molecule has 1 aromatic carbocycles. The number of rotatable bonds is 5. The van der Waals surface area contributed by atoms with Crippen LogP contribution in [0.5, 0.6) is 0 Å². The standard InChI is InChI=1S/C16H23FN2/c1-3-9-18-13(2)15-12-14(17)7-8-16(15)19-10-5-4-6-11-19/h4-5,7-8,12-13,18H,3,6,9-11H2,1-2H3. The largest absolute Gasteiger partial charge is 0.367 e. The molecule has 1 aliphatic heterocycles. The van der Waals surface area contributed by atoms with Gasteiger partial charge in [-0.1, -0.05) is 19.1 Å². The van der Waals surface area contributed by atoms with Crippen molar-refractivity contribution in [1.82, 2.24) is 5.32 Å². The number of hydrogen-bond acceptors (Lipinski definition) is 2. The molecule has 1 atom stereocenters. The smallest absolute Gasteiger partial charge is 0.123 e. The highest BCUT2D eigenvalue weighted by molar-refractivity contribution is 5.56. The minimum atomic E-state index is -0.156. The molecule has 1 unspecified atom stereocenters. The molecule has 2 rings (SSSR count). The van der Waals surface area contributed by atoms with E-state index in [0.29, 0.717) is 0 Å². The monoisotopic (exact) mass is 262 g/mol. The van der Waals surface area contributed by atoms with Gasteiger partial charge >= 0.3 is 0 Å². The van der Waals surface area contributed by atoms with E-state index in [9.17, 15) is 4.39 Å². The molecular weight excluding hydrogens is 239 g/mol. The summed E-state index contributed by atoms with van der Waals surface area (Å²) >= 11 is 0. The Hall–Kier alpha value is -1.35. The van der Waals surface area contributed by atoms with E-state index in [1.807, 2.05) is 6.07 Å². The van der Waals surface area contributed by atoms with Crippen molar-refractivity contribution in [3.63, 3.8) is 0 Å². The highest BCUT2D eigenvalue weighted by atomic mass is 19.1. The molecule has 3 heteroatoms. The van der Waals surface area contributed by atoms with Crippen molar-refractivity contribution in [3.8, 4) is 0 Å². The Balaban J connectivity index is 2.24. The predicted molar refractivity (Wildman–Crippen MR) is 79.1 cm³/mol. The Morgan fingerprint density at radius 1 is 1.37 bits per heavy atom. The SMILES string of the molecule is CCCNC(C)c1cc(F)ccc1N1CC=CCC1. The summed E-state index contributed by atoms with van der Waals surface area (Å²) in [5, 5.41) is 3.44. The number of hydrogen-bond donors (Lipinski definition) is 1. The van der Waals surface area contributed by atoms with Gasteiger partial charge in [0.15, 0.2) is 0 Å². The number of halogens is 1. The second kappa shape index (κ2) is 6.71. The van der Waals surface area contributed by atoms with E-state index in [1.165, 1.54) is 0 Å². The van der Waals surface area contributed by atoms with Crippen LogP contribution in [0, 0.1) is 5.82 Å². The summed E-state index contributed by atoms with van der Waals surface area (Å²) in [6.07, 6.45) is 6.54. The van der Waals surface area contributed by atoms with Crippen LogP contribution in [0.2, 0.25) is 0 Å². The van der Waals surface area contributed by atoms with Gasteiger partial charge in [0.1, 0.15) is 5.82 Å². The third kappa shape index (κ3) is 3.57. The zero-order valence-electron chi connectivity index (χ0n) is 11.8. The second-order valence-corrected chi connectivity index (χ2v) is 5.09. The molecule has 0 aliphatic carbocycles. The zero-order chi connectivity index (χ0) is 13.7. The fraction of sp³-hybridized carbons (Fsp3) is 0.500. The van der Waals surface area contributed by atoms with Crippen LogP contribution >= 0.6 is 0 Å². The summed E-state index contributed by atoms with van der Waals surface area (Å²) in [6, 6.07) is 5.31. The fourth-order valence-corrected chi connectivity index (χ4v) is 2.49. The van der Waals surface area contributed by atoms with Crippen LogP contribution in [0.15, 0.2) is 30.4 Å². The van der Waals surface area contributed by atoms with E-state index in [4.69, 9.17) is 0 Å². The van der Waals surface area contributed by atoms with Gasteiger partial charge in [-0.3, -0.25) is 0 Å². The quantitative estimate of drug-likeness (QED) is 0.815. The van der Waals surface area contributed by atoms with Crippen LogP contribution in [-0.4, -0.2) is 19.6 Å². The molecular formula is C16H23FN2. The average Bonchev–Trinajstić information content (AvgIpc) is 2.45. The maximum absolute atomic E-state index is 13.5. The summed E-state index contributed by atoms with van der Waals surface area (Å²) in [5.74, 6) is -0.156. The minimum Gasteiger partial charge on any atom is -0.367 e. The molecule has 0 fully saturated rings. The van der Waals surface area contributed by atoms with Gasteiger partial charge < -0.3 is 10.2 Å². The maximum atomic E-state index is 13.5. The summed E-state index contributed by atoms with van der Waals surface area (Å²) < 4.78 is 13.5. The lowest BCUT2D eigenvalue weighted by atomic mass is 10.0. The lowest BCUT2D eigenvalue weighted by Crippen LogP contribution is -2.29. The van der Waals surface area contributed by atoms with Gasteiger partial charge in [-0.2, -0.15) is 0 Å². The highest BCUT2D eigenvalue weighted by Crippen LogP contribution is 2.28. The van der Waals surface area contributed by atoms with Crippen molar-refractivity contribution >= 4 is 5.69 Å². The Morgan fingerprint density at radius 2 is 2.21 bits per heavy atom. The molecule has 19 heavy (non-hydrogen) atoms. The molecule has 0 saturated carbocycles. The van der Waals surface area contributed by atoms with E-state index in [2.05, 4.69) is 36.2 Å². The normalized spacial score (nSPS) is 16.7. The summed E-state index contributed by atoms with van der Waals surface area (Å²) in [6.45, 7) is 7.13. The topological polar surface area (TPSA) is 15.3 Å². The van der Waals surface area contributed by atoms with Crippen LogP contribution < -0.4 is 10.2 Å². The molecule has 0 aromatic heterocycles. The molecule has 0 saturated heterocycles. The fourth-order valence-electron chi connectivity index (χ4n) is 2.49. The lowest BCUT2D eigenvalue weighted by molar-refractivity contribution is 0.560. The number of nitrogens with zero attached hydrogens (tertiary/aromatic N) is 1. The van der Waals surface area contributed by atoms with E-state index in [1.54, 1.807) is 12.1 Å². The number of anilines is 1. The Kier molecular flexibility index (Phi) is 4.97. The van der Waals surface area contributed by atoms with E-state index in [-0.39, 0.29) is 11.9 Å². The first-order valence-corrected chi connectivity index (χ1v) is 7.15. The summed E-state index contributed by atoms with van der Waals surface area (Å²) in [4.78, 5) is 2.32.